The van der Waals surface area contributed by atoms with Gasteiger partial charge in [0.15, 0.2) is 0 Å². The zero-order valence-corrected chi connectivity index (χ0v) is 13.1. The van der Waals surface area contributed by atoms with Crippen molar-refractivity contribution in [1.29, 1.82) is 0 Å². The van der Waals surface area contributed by atoms with E-state index in [1.165, 1.54) is 0 Å². The number of anilines is 1. The Labute approximate surface area is 121 Å². The largest absolute Gasteiger partial charge is 0.478 e. The summed E-state index contributed by atoms with van der Waals surface area (Å²) in [4.78, 5) is 15.7. The number of nitrogens with one attached hydrogen (secondary N) is 1. The van der Waals surface area contributed by atoms with Gasteiger partial charge in [-0.05, 0) is 30.9 Å². The van der Waals surface area contributed by atoms with E-state index in [1.807, 2.05) is 13.8 Å². The Hall–Kier alpha value is -1.58. The van der Waals surface area contributed by atoms with Gasteiger partial charge in [-0.15, -0.1) is 0 Å². The molecular weight excluding hydrogens is 252 g/mol. The fraction of sp³-hybridized carbons (Fsp3) is 0.625. The molecule has 1 rings (SSSR count). The molecule has 4 nitrogen and oxygen atoms in total. The molecule has 0 aliphatic rings. The second-order valence-electron chi connectivity index (χ2n) is 5.64. The summed E-state index contributed by atoms with van der Waals surface area (Å²) in [5, 5.41) is 12.6. The number of nitrogens with zero attached hydrogens (tertiary/aromatic N) is 1. The van der Waals surface area contributed by atoms with Gasteiger partial charge in [-0.25, -0.2) is 9.78 Å². The van der Waals surface area contributed by atoms with Gasteiger partial charge in [0.2, 0.25) is 0 Å². The Morgan fingerprint density at radius 3 is 2.30 bits per heavy atom. The van der Waals surface area contributed by atoms with Crippen molar-refractivity contribution in [3.63, 3.8) is 0 Å². The number of hydrogen-bond acceptors (Lipinski definition) is 3. The first-order valence-corrected chi connectivity index (χ1v) is 7.40. The smallest absolute Gasteiger partial charge is 0.335 e. The quantitative estimate of drug-likeness (QED) is 0.787. The van der Waals surface area contributed by atoms with Crippen molar-refractivity contribution in [2.24, 2.45) is 5.92 Å². The van der Waals surface area contributed by atoms with E-state index in [-0.39, 0.29) is 12.0 Å². The van der Waals surface area contributed by atoms with Gasteiger partial charge in [0, 0.05) is 11.7 Å². The first kappa shape index (κ1) is 16.5. The molecule has 0 saturated carbocycles. The standard InChI is InChI=1S/C16H26N2O2/c1-6-12(7-2)11(5)17-15-9-13(16(19)20)8-14(18-15)10(3)4/h8-12H,6-7H2,1-5H3,(H,17,18)(H,19,20). The Kier molecular flexibility index (Phi) is 5.99. The van der Waals surface area contributed by atoms with Crippen molar-refractivity contribution < 1.29 is 9.90 Å². The topological polar surface area (TPSA) is 62.2 Å². The number of carbonyl (C=O) groups is 1. The average Bonchev–Trinajstić information content (AvgIpc) is 2.39. The molecule has 112 valence electrons. The van der Waals surface area contributed by atoms with Crippen molar-refractivity contribution in [1.82, 2.24) is 4.98 Å². The molecular formula is C16H26N2O2. The van der Waals surface area contributed by atoms with Crippen molar-refractivity contribution >= 4 is 11.8 Å². The molecule has 1 unspecified atom stereocenters. The Bertz CT molecular complexity index is 454. The van der Waals surface area contributed by atoms with Gasteiger partial charge in [-0.1, -0.05) is 40.5 Å². The summed E-state index contributed by atoms with van der Waals surface area (Å²) in [6.45, 7) is 10.5. The third-order valence-electron chi connectivity index (χ3n) is 3.82. The van der Waals surface area contributed by atoms with Gasteiger partial charge in [0.1, 0.15) is 5.82 Å². The van der Waals surface area contributed by atoms with E-state index in [1.54, 1.807) is 12.1 Å². The Balaban J connectivity index is 3.02. The highest BCUT2D eigenvalue weighted by Crippen LogP contribution is 2.21. The zero-order valence-electron chi connectivity index (χ0n) is 13.1. The SMILES string of the molecule is CCC(CC)C(C)Nc1cc(C(=O)O)cc(C(C)C)n1. The minimum absolute atomic E-state index is 0.207. The van der Waals surface area contributed by atoms with Crippen LogP contribution in [0.1, 0.15) is 69.4 Å². The third-order valence-corrected chi connectivity index (χ3v) is 3.82. The number of aromatic nitrogens is 1. The molecule has 0 amide bonds. The molecule has 2 N–H and O–H groups in total. The lowest BCUT2D eigenvalue weighted by molar-refractivity contribution is 0.0696. The third kappa shape index (κ3) is 4.22. The molecule has 0 aliphatic carbocycles. The predicted octanol–water partition coefficient (Wildman–Crippen LogP) is 4.14. The lowest BCUT2D eigenvalue weighted by Crippen LogP contribution is -2.26. The van der Waals surface area contributed by atoms with Gasteiger partial charge in [0.25, 0.3) is 0 Å². The van der Waals surface area contributed by atoms with Crippen molar-refractivity contribution in [3.05, 3.63) is 23.4 Å². The molecule has 0 saturated heterocycles. The van der Waals surface area contributed by atoms with Gasteiger partial charge in [-0.3, -0.25) is 0 Å². The fourth-order valence-corrected chi connectivity index (χ4v) is 2.39. The summed E-state index contributed by atoms with van der Waals surface area (Å²) in [6, 6.07) is 3.55. The molecule has 0 bridgehead atoms. The van der Waals surface area contributed by atoms with E-state index in [4.69, 9.17) is 0 Å². The zero-order chi connectivity index (χ0) is 15.3. The summed E-state index contributed by atoms with van der Waals surface area (Å²) in [6.07, 6.45) is 2.20. The number of hydrogen-bond donors (Lipinski definition) is 2. The van der Waals surface area contributed by atoms with E-state index < -0.39 is 5.97 Å². The molecule has 4 heteroatoms. The maximum Gasteiger partial charge on any atom is 0.335 e. The maximum absolute atomic E-state index is 11.2. The monoisotopic (exact) mass is 278 g/mol. The number of aromatic carboxylic acids is 1. The molecule has 1 aromatic rings. The van der Waals surface area contributed by atoms with Gasteiger partial charge < -0.3 is 10.4 Å². The van der Waals surface area contributed by atoms with Crippen LogP contribution < -0.4 is 5.32 Å². The summed E-state index contributed by atoms with van der Waals surface area (Å²) in [5.41, 5.74) is 1.10. The van der Waals surface area contributed by atoms with Crippen molar-refractivity contribution in [3.8, 4) is 0 Å². The number of carboxylic acids is 1. The maximum atomic E-state index is 11.2. The number of rotatable bonds is 7. The van der Waals surface area contributed by atoms with Crippen LogP contribution in [0.3, 0.4) is 0 Å². The highest BCUT2D eigenvalue weighted by Gasteiger charge is 2.16. The van der Waals surface area contributed by atoms with E-state index in [0.29, 0.717) is 17.3 Å². The van der Waals surface area contributed by atoms with E-state index in [0.717, 1.165) is 18.5 Å². The summed E-state index contributed by atoms with van der Waals surface area (Å²) >= 11 is 0. The van der Waals surface area contributed by atoms with Crippen LogP contribution in [-0.2, 0) is 0 Å². The lowest BCUT2D eigenvalue weighted by atomic mass is 9.95. The van der Waals surface area contributed by atoms with E-state index in [9.17, 15) is 9.90 Å². The van der Waals surface area contributed by atoms with E-state index in [2.05, 4.69) is 31.1 Å². The van der Waals surface area contributed by atoms with Crippen LogP contribution in [0.5, 0.6) is 0 Å². The molecule has 1 heterocycles. The van der Waals surface area contributed by atoms with Gasteiger partial charge in [-0.2, -0.15) is 0 Å². The van der Waals surface area contributed by atoms with Gasteiger partial charge in [0.05, 0.1) is 5.56 Å². The molecule has 0 radical (unpaired) electrons. The molecule has 1 atom stereocenters. The summed E-state index contributed by atoms with van der Waals surface area (Å²) < 4.78 is 0. The Morgan fingerprint density at radius 1 is 1.25 bits per heavy atom. The lowest BCUT2D eigenvalue weighted by Gasteiger charge is -2.23. The van der Waals surface area contributed by atoms with Crippen LogP contribution in [-0.4, -0.2) is 22.1 Å². The normalized spacial score (nSPS) is 12.8. The minimum atomic E-state index is -0.910. The second kappa shape index (κ2) is 7.27. The average molecular weight is 278 g/mol. The van der Waals surface area contributed by atoms with E-state index >= 15 is 0 Å². The van der Waals surface area contributed by atoms with Crippen LogP contribution in [0.2, 0.25) is 0 Å². The highest BCUT2D eigenvalue weighted by molar-refractivity contribution is 5.88. The van der Waals surface area contributed by atoms with Crippen molar-refractivity contribution in [2.75, 3.05) is 5.32 Å². The number of pyridine rings is 1. The molecule has 0 spiro atoms. The molecule has 0 aliphatic heterocycles. The summed E-state index contributed by atoms with van der Waals surface area (Å²) in [7, 11) is 0. The van der Waals surface area contributed by atoms with Crippen LogP contribution in [0, 0.1) is 5.92 Å². The molecule has 1 aromatic heterocycles. The first-order valence-electron chi connectivity index (χ1n) is 7.40. The molecule has 0 fully saturated rings. The summed E-state index contributed by atoms with van der Waals surface area (Å²) in [5.74, 6) is 0.520. The minimum Gasteiger partial charge on any atom is -0.478 e. The van der Waals surface area contributed by atoms with Crippen LogP contribution in [0.4, 0.5) is 5.82 Å². The fourth-order valence-electron chi connectivity index (χ4n) is 2.39. The highest BCUT2D eigenvalue weighted by atomic mass is 16.4. The first-order chi connectivity index (χ1) is 9.38. The van der Waals surface area contributed by atoms with Crippen LogP contribution >= 0.6 is 0 Å². The number of carboxylic acid groups (broad SMARTS) is 1. The Morgan fingerprint density at radius 2 is 1.85 bits per heavy atom. The van der Waals surface area contributed by atoms with Gasteiger partial charge >= 0.3 is 5.97 Å². The molecule has 0 aromatic carbocycles. The van der Waals surface area contributed by atoms with Crippen LogP contribution in [0.15, 0.2) is 12.1 Å². The van der Waals surface area contributed by atoms with Crippen LogP contribution in [0.25, 0.3) is 0 Å². The molecule has 20 heavy (non-hydrogen) atoms. The predicted molar refractivity (Wildman–Crippen MR) is 82.4 cm³/mol. The van der Waals surface area contributed by atoms with Crippen molar-refractivity contribution in [2.45, 2.75) is 59.4 Å². The second-order valence-corrected chi connectivity index (χ2v) is 5.64.